The smallest absolute Gasteiger partial charge is 0.417 e. The number of benzene rings is 2. The van der Waals surface area contributed by atoms with E-state index in [4.69, 9.17) is 13.9 Å². The van der Waals surface area contributed by atoms with Gasteiger partial charge in [-0.3, -0.25) is 9.59 Å². The Balaban J connectivity index is 0.907. The van der Waals surface area contributed by atoms with Crippen LogP contribution in [0.2, 0.25) is 18.1 Å². The van der Waals surface area contributed by atoms with Crippen LogP contribution in [0.25, 0.3) is 0 Å². The summed E-state index contributed by atoms with van der Waals surface area (Å²) in [7, 11) is -2.17. The van der Waals surface area contributed by atoms with Gasteiger partial charge in [0.25, 0.3) is 0 Å². The molecular weight excluding hydrogens is 691 g/mol. The molecule has 2 N–H and O–H groups in total. The van der Waals surface area contributed by atoms with E-state index in [-0.39, 0.29) is 48.0 Å². The summed E-state index contributed by atoms with van der Waals surface area (Å²) < 4.78 is 18.3. The molecule has 0 radical (unpaired) electrons. The molecule has 11 nitrogen and oxygen atoms in total. The molecule has 2 aliphatic heterocycles. The van der Waals surface area contributed by atoms with Crippen molar-refractivity contribution < 1.29 is 38.2 Å². The molecule has 2 saturated heterocycles. The van der Waals surface area contributed by atoms with Gasteiger partial charge in [0.15, 0.2) is 8.32 Å². The summed E-state index contributed by atoms with van der Waals surface area (Å²) in [6.45, 7) is 11.4. The lowest BCUT2D eigenvalue weighted by Gasteiger charge is -2.40. The summed E-state index contributed by atoms with van der Waals surface area (Å²) in [6, 6.07) is 18.5. The molecule has 2 aromatic carbocycles. The van der Waals surface area contributed by atoms with E-state index in [0.717, 1.165) is 11.1 Å². The molecule has 4 unspecified atom stereocenters. The number of aliphatic hydroxyl groups excluding tert-OH is 1. The molecule has 6 aliphatic carbocycles. The minimum absolute atomic E-state index is 0.00173. The second-order valence-corrected chi connectivity index (χ2v) is 23.1. The van der Waals surface area contributed by atoms with Crippen LogP contribution in [0, 0.1) is 41.4 Å². The van der Waals surface area contributed by atoms with Crippen LogP contribution in [0.1, 0.15) is 44.7 Å². The molecular formula is C41H51N3O8Si. The second-order valence-electron chi connectivity index (χ2n) is 18.3. The number of hydrogen-bond acceptors (Lipinski definition) is 9. The van der Waals surface area contributed by atoms with Crippen LogP contribution in [-0.2, 0) is 36.3 Å². The first kappa shape index (κ1) is 35.1. The molecule has 12 heteroatoms. The summed E-state index contributed by atoms with van der Waals surface area (Å²) >= 11 is 0. The van der Waals surface area contributed by atoms with Gasteiger partial charge in [0.05, 0.1) is 36.1 Å². The van der Waals surface area contributed by atoms with Crippen molar-refractivity contribution >= 4 is 32.3 Å². The number of amides is 4. The molecule has 0 spiro atoms. The highest BCUT2D eigenvalue weighted by molar-refractivity contribution is 6.74. The highest BCUT2D eigenvalue weighted by Gasteiger charge is 2.86. The molecule has 8 aliphatic rings. The van der Waals surface area contributed by atoms with Crippen LogP contribution < -0.4 is 5.32 Å². The van der Waals surface area contributed by atoms with E-state index in [1.807, 2.05) is 60.7 Å². The Morgan fingerprint density at radius 2 is 1.55 bits per heavy atom. The van der Waals surface area contributed by atoms with Crippen molar-refractivity contribution in [3.8, 4) is 0 Å². The fourth-order valence-corrected chi connectivity index (χ4v) is 11.7. The maximum Gasteiger partial charge on any atom is 0.417 e. The zero-order valence-electron chi connectivity index (χ0n) is 31.1. The van der Waals surface area contributed by atoms with E-state index in [9.17, 15) is 24.3 Å². The first-order valence-electron chi connectivity index (χ1n) is 19.4. The zero-order valence-corrected chi connectivity index (χ0v) is 32.1. The molecule has 282 valence electrons. The average Bonchev–Trinajstić information content (AvgIpc) is 4.01. The highest BCUT2D eigenvalue weighted by atomic mass is 28.4. The lowest BCUT2D eigenvalue weighted by molar-refractivity contribution is -0.138. The number of ether oxygens (including phenoxy) is 2. The topological polar surface area (TPSA) is 135 Å². The number of carbonyl (C=O) groups excluding carboxylic acids is 4. The van der Waals surface area contributed by atoms with E-state index in [2.05, 4.69) is 39.2 Å². The Bertz CT molecular complexity index is 1810. The Morgan fingerprint density at radius 3 is 2.19 bits per heavy atom. The summed E-state index contributed by atoms with van der Waals surface area (Å²) in [5.74, 6) is 0.0765. The van der Waals surface area contributed by atoms with E-state index in [0.29, 0.717) is 43.4 Å². The van der Waals surface area contributed by atoms with Crippen molar-refractivity contribution in [2.24, 2.45) is 41.4 Å². The SMILES string of the molecule is CC(C)(C)[Si](C)(C)OC1[C@@H](C(=O)N2C(=O)OC(CN[C@]34C[C@H]3C[C@H](C(=O)N3C(=O)OC[C@H]3Cc3ccccc3)[C@H]4O)[C@H]2Cc2ccccc2)C2C3[C@@H]2[C@@H]13. The van der Waals surface area contributed by atoms with Crippen molar-refractivity contribution in [3.63, 3.8) is 0 Å². The van der Waals surface area contributed by atoms with E-state index < -0.39 is 62.2 Å². The molecule has 53 heavy (non-hydrogen) atoms. The molecule has 10 rings (SSSR count). The fraction of sp³-hybridized carbons (Fsp3) is 0.610. The second kappa shape index (κ2) is 12.2. The van der Waals surface area contributed by atoms with Gasteiger partial charge in [0, 0.05) is 12.1 Å². The van der Waals surface area contributed by atoms with Crippen LogP contribution in [0.3, 0.4) is 0 Å². The van der Waals surface area contributed by atoms with Gasteiger partial charge >= 0.3 is 12.2 Å². The van der Waals surface area contributed by atoms with Gasteiger partial charge in [-0.1, -0.05) is 81.4 Å². The average molecular weight is 742 g/mol. The number of nitrogens with one attached hydrogen (secondary N) is 1. The monoisotopic (exact) mass is 741 g/mol. The lowest BCUT2D eigenvalue weighted by Crippen LogP contribution is -2.54. The van der Waals surface area contributed by atoms with Gasteiger partial charge in [0.1, 0.15) is 12.7 Å². The molecule has 4 amide bonds. The first-order valence-corrected chi connectivity index (χ1v) is 22.3. The number of aliphatic hydroxyl groups is 1. The van der Waals surface area contributed by atoms with Gasteiger partial charge < -0.3 is 24.3 Å². The zero-order chi connectivity index (χ0) is 37.2. The number of rotatable bonds is 11. The number of carbonyl (C=O) groups is 4. The minimum atomic E-state index is -2.17. The van der Waals surface area contributed by atoms with Crippen molar-refractivity contribution in [3.05, 3.63) is 71.8 Å². The molecule has 13 atom stereocenters. The van der Waals surface area contributed by atoms with Gasteiger partial charge in [0.2, 0.25) is 11.8 Å². The van der Waals surface area contributed by atoms with Crippen molar-refractivity contribution in [2.75, 3.05) is 13.2 Å². The third-order valence-corrected chi connectivity index (χ3v) is 18.9. The molecule has 8 fully saturated rings. The predicted molar refractivity (Wildman–Crippen MR) is 196 cm³/mol. The molecule has 2 heterocycles. The van der Waals surface area contributed by atoms with Crippen LogP contribution in [0.5, 0.6) is 0 Å². The van der Waals surface area contributed by atoms with E-state index in [1.54, 1.807) is 0 Å². The molecule has 0 aromatic heterocycles. The van der Waals surface area contributed by atoms with E-state index >= 15 is 0 Å². The minimum Gasteiger partial charge on any atom is -0.447 e. The van der Waals surface area contributed by atoms with Crippen molar-refractivity contribution in [1.29, 1.82) is 0 Å². The van der Waals surface area contributed by atoms with Crippen LogP contribution in [0.15, 0.2) is 60.7 Å². The van der Waals surface area contributed by atoms with Gasteiger partial charge in [-0.25, -0.2) is 19.4 Å². The molecule has 6 saturated carbocycles. The summed E-state index contributed by atoms with van der Waals surface area (Å²) in [5, 5.41) is 15.3. The first-order chi connectivity index (χ1) is 25.2. The summed E-state index contributed by atoms with van der Waals surface area (Å²) in [4.78, 5) is 57.7. The largest absolute Gasteiger partial charge is 0.447 e. The van der Waals surface area contributed by atoms with Crippen LogP contribution in [0.4, 0.5) is 9.59 Å². The number of fused-ring (bicyclic) bond motifs is 2. The maximum absolute atomic E-state index is 14.6. The van der Waals surface area contributed by atoms with Crippen molar-refractivity contribution in [1.82, 2.24) is 15.1 Å². The quantitative estimate of drug-likeness (QED) is 0.313. The predicted octanol–water partition coefficient (Wildman–Crippen LogP) is 4.78. The molecule has 2 aromatic rings. The van der Waals surface area contributed by atoms with Crippen LogP contribution >= 0.6 is 0 Å². The number of nitrogens with zero attached hydrogens (tertiary/aromatic N) is 2. The Hall–Kier alpha value is -3.58. The van der Waals surface area contributed by atoms with Gasteiger partial charge in [-0.05, 0) is 84.5 Å². The highest BCUT2D eigenvalue weighted by Crippen LogP contribution is 2.84. The normalized spacial score (nSPS) is 39.1. The van der Waals surface area contributed by atoms with Crippen LogP contribution in [-0.4, -0.2) is 96.3 Å². The lowest BCUT2D eigenvalue weighted by atomic mass is 9.95. The number of imide groups is 2. The number of hydrogen-bond donors (Lipinski definition) is 2. The molecule has 2 bridgehead atoms. The van der Waals surface area contributed by atoms with Crippen molar-refractivity contribution in [2.45, 2.75) is 101 Å². The Morgan fingerprint density at radius 1 is 0.906 bits per heavy atom. The number of cyclic esters (lactones) is 2. The van der Waals surface area contributed by atoms with Gasteiger partial charge in [-0.2, -0.15) is 0 Å². The Kier molecular flexibility index (Phi) is 8.10. The third-order valence-electron chi connectivity index (χ3n) is 14.4. The summed E-state index contributed by atoms with van der Waals surface area (Å²) in [5.41, 5.74) is 1.25. The van der Waals surface area contributed by atoms with Gasteiger partial charge in [-0.15, -0.1) is 0 Å². The standard InChI is InChI=1S/C41H51N3O8Si/c1-40(2,3)53(4,5)52-34-32-29-30(32)31(29)33(34)37(47)44-27(17-23-14-10-7-11-15-23)28(51-39(44)49)20-42-41-19-24(41)18-26(35(41)45)36(46)43-25(21-50-38(43)48)16-22-12-8-6-9-13-22/h6-15,24-35,42,45H,16-21H2,1-5H3/t24-,25-,26+,27-,28?,29+,30?,31?,32-,33+,34?,35-,41-/m1/s1. The maximum atomic E-state index is 14.6. The summed E-state index contributed by atoms with van der Waals surface area (Å²) in [6.07, 6.45) is -1.13. The third kappa shape index (κ3) is 5.61. The Labute approximate surface area is 311 Å². The fourth-order valence-electron chi connectivity index (χ4n) is 10.3. The van der Waals surface area contributed by atoms with E-state index in [1.165, 1.54) is 9.80 Å².